The summed E-state index contributed by atoms with van der Waals surface area (Å²) >= 11 is 0. The van der Waals surface area contributed by atoms with Gasteiger partial charge in [0.2, 0.25) is 5.91 Å². The Kier molecular flexibility index (Phi) is 9.32. The third-order valence-corrected chi connectivity index (χ3v) is 12.9. The first-order valence-electron chi connectivity index (χ1n) is 16.7. The third-order valence-electron chi connectivity index (χ3n) is 12.9. The molecule has 43 heavy (non-hydrogen) atoms. The zero-order valence-corrected chi connectivity index (χ0v) is 28.3. The van der Waals surface area contributed by atoms with Crippen LogP contribution in [0.4, 0.5) is 0 Å². The van der Waals surface area contributed by atoms with Crippen LogP contribution in [0.3, 0.4) is 0 Å². The fraction of sp³-hybridized carbons (Fsp3) is 0.784. The maximum atomic E-state index is 13.0. The molecule has 6 nitrogen and oxygen atoms in total. The van der Waals surface area contributed by atoms with Crippen molar-refractivity contribution in [1.82, 2.24) is 5.32 Å². The highest BCUT2D eigenvalue weighted by molar-refractivity contribution is 6.02. The van der Waals surface area contributed by atoms with Gasteiger partial charge in [0.05, 0.1) is 24.8 Å². The van der Waals surface area contributed by atoms with Gasteiger partial charge in [0.1, 0.15) is 6.07 Å². The van der Waals surface area contributed by atoms with Crippen molar-refractivity contribution in [2.24, 2.45) is 44.8 Å². The average molecular weight is 593 g/mol. The first-order chi connectivity index (χ1) is 19.9. The van der Waals surface area contributed by atoms with Crippen LogP contribution in [0.2, 0.25) is 0 Å². The first kappa shape index (κ1) is 33.6. The summed E-state index contributed by atoms with van der Waals surface area (Å²) < 4.78 is 5.25. The summed E-state index contributed by atoms with van der Waals surface area (Å²) in [6.07, 6.45) is 12.4. The second kappa shape index (κ2) is 11.9. The largest absolute Gasteiger partial charge is 0.377 e. The highest BCUT2D eigenvalue weighted by Crippen LogP contribution is 2.66. The smallest absolute Gasteiger partial charge is 0.220 e. The van der Waals surface area contributed by atoms with Gasteiger partial charge in [-0.25, -0.2) is 0 Å². The highest BCUT2D eigenvalue weighted by Gasteiger charge is 2.58. The van der Waals surface area contributed by atoms with E-state index in [1.165, 1.54) is 0 Å². The summed E-state index contributed by atoms with van der Waals surface area (Å²) in [6.45, 7) is 21.1. The van der Waals surface area contributed by atoms with Crippen molar-refractivity contribution in [3.8, 4) is 6.07 Å². The van der Waals surface area contributed by atoms with Gasteiger partial charge in [-0.1, -0.05) is 67.0 Å². The maximum Gasteiger partial charge on any atom is 0.220 e. The van der Waals surface area contributed by atoms with Gasteiger partial charge in [-0.05, 0) is 97.9 Å². The van der Waals surface area contributed by atoms with E-state index in [0.717, 1.165) is 56.9 Å². The molecular weight excluding hydrogens is 536 g/mol. The number of carbonyl (C=O) groups excluding carboxylic acids is 3. The predicted octanol–water partition coefficient (Wildman–Crippen LogP) is 7.53. The normalized spacial score (nSPS) is 37.1. The second-order valence-electron chi connectivity index (χ2n) is 16.6. The number of nitriles is 1. The van der Waals surface area contributed by atoms with Crippen LogP contribution < -0.4 is 5.32 Å². The summed E-state index contributed by atoms with van der Waals surface area (Å²) in [6, 6.07) is 2.32. The lowest BCUT2D eigenvalue weighted by Gasteiger charge is -2.60. The molecule has 6 atom stereocenters. The molecule has 4 aliphatic rings. The molecule has 3 aliphatic carbocycles. The average Bonchev–Trinajstić information content (AvgIpc) is 2.89. The molecule has 1 aliphatic heterocycles. The molecule has 1 saturated heterocycles. The minimum absolute atomic E-state index is 0.0119. The van der Waals surface area contributed by atoms with Gasteiger partial charge >= 0.3 is 0 Å². The molecule has 0 aromatic carbocycles. The number of ketones is 2. The maximum absolute atomic E-state index is 13.0. The van der Waals surface area contributed by atoms with Gasteiger partial charge in [-0.15, -0.1) is 0 Å². The second-order valence-corrected chi connectivity index (χ2v) is 16.6. The third kappa shape index (κ3) is 6.31. The Labute approximate surface area is 260 Å². The monoisotopic (exact) mass is 592 g/mol. The van der Waals surface area contributed by atoms with Crippen LogP contribution in [-0.4, -0.2) is 36.7 Å². The Balaban J connectivity index is 1.64. The van der Waals surface area contributed by atoms with Gasteiger partial charge in [-0.2, -0.15) is 5.26 Å². The van der Waals surface area contributed by atoms with Crippen LogP contribution >= 0.6 is 0 Å². The SMILES string of the molecule is CC(=O)/C=C1/[C@@]2(C)C=C(C#N)C(=O)[C@@H](C)[C@@H]2CC[C@@]1(C)C(C)(C)CC[C@@]1(CCC(=O)NC2COC2)CCC(C)(C)CC1C. The van der Waals surface area contributed by atoms with Crippen molar-refractivity contribution in [2.75, 3.05) is 13.2 Å². The summed E-state index contributed by atoms with van der Waals surface area (Å²) in [5, 5.41) is 13.0. The molecular formula is C37H56N2O4. The van der Waals surface area contributed by atoms with Crippen molar-refractivity contribution in [3.05, 3.63) is 23.3 Å². The van der Waals surface area contributed by atoms with Gasteiger partial charge < -0.3 is 10.1 Å². The molecule has 238 valence electrons. The molecule has 0 radical (unpaired) electrons. The van der Waals surface area contributed by atoms with Crippen LogP contribution in [-0.2, 0) is 19.1 Å². The zero-order valence-electron chi connectivity index (χ0n) is 28.3. The predicted molar refractivity (Wildman–Crippen MR) is 170 cm³/mol. The van der Waals surface area contributed by atoms with E-state index in [-0.39, 0.29) is 57.2 Å². The summed E-state index contributed by atoms with van der Waals surface area (Å²) in [7, 11) is 0. The molecule has 1 heterocycles. The van der Waals surface area contributed by atoms with E-state index in [4.69, 9.17) is 4.74 Å². The van der Waals surface area contributed by atoms with Gasteiger partial charge in [0, 0.05) is 17.8 Å². The number of fused-ring (bicyclic) bond motifs is 1. The lowest BCUT2D eigenvalue weighted by Crippen LogP contribution is -2.53. The minimum atomic E-state index is -0.530. The lowest BCUT2D eigenvalue weighted by molar-refractivity contribution is -0.126. The molecule has 4 rings (SSSR count). The van der Waals surface area contributed by atoms with E-state index in [9.17, 15) is 19.6 Å². The number of nitrogens with zero attached hydrogens (tertiary/aromatic N) is 1. The van der Waals surface area contributed by atoms with E-state index in [1.807, 2.05) is 19.1 Å². The van der Waals surface area contributed by atoms with E-state index in [1.54, 1.807) is 6.92 Å². The van der Waals surface area contributed by atoms with Crippen molar-refractivity contribution in [1.29, 1.82) is 5.26 Å². The Morgan fingerprint density at radius 2 is 1.79 bits per heavy atom. The van der Waals surface area contributed by atoms with E-state index < -0.39 is 5.41 Å². The first-order valence-corrected chi connectivity index (χ1v) is 16.7. The number of allylic oxidation sites excluding steroid dienone is 4. The van der Waals surface area contributed by atoms with Gasteiger partial charge in [0.25, 0.3) is 0 Å². The number of Topliss-reactive ketones (excluding diaryl/α,β-unsaturated/α-hetero) is 1. The van der Waals surface area contributed by atoms with Gasteiger partial charge in [0.15, 0.2) is 11.6 Å². The molecule has 0 aromatic heterocycles. The quantitative estimate of drug-likeness (QED) is 0.279. The number of amides is 1. The van der Waals surface area contributed by atoms with Crippen molar-refractivity contribution >= 4 is 17.5 Å². The molecule has 0 spiro atoms. The molecule has 1 unspecified atom stereocenters. The van der Waals surface area contributed by atoms with Crippen LogP contribution in [0.1, 0.15) is 120 Å². The molecule has 2 saturated carbocycles. The molecule has 0 aromatic rings. The minimum Gasteiger partial charge on any atom is -0.377 e. The van der Waals surface area contributed by atoms with Crippen molar-refractivity contribution in [2.45, 2.75) is 126 Å². The van der Waals surface area contributed by atoms with Crippen molar-refractivity contribution < 1.29 is 19.1 Å². The van der Waals surface area contributed by atoms with E-state index in [0.29, 0.717) is 31.0 Å². The summed E-state index contributed by atoms with van der Waals surface area (Å²) in [5.74, 6) is 0.400. The summed E-state index contributed by atoms with van der Waals surface area (Å²) in [5.41, 5.74) is 0.723. The number of carbonyl (C=O) groups is 3. The number of rotatable bonds is 9. The number of ether oxygens (including phenoxy) is 1. The van der Waals surface area contributed by atoms with Crippen molar-refractivity contribution in [3.63, 3.8) is 0 Å². The Morgan fingerprint density at radius 1 is 1.12 bits per heavy atom. The Bertz CT molecular complexity index is 1230. The molecule has 6 heteroatoms. The van der Waals surface area contributed by atoms with Crippen LogP contribution in [0.15, 0.2) is 23.3 Å². The molecule has 3 fully saturated rings. The standard InChI is InChI=1S/C37H56N2O4/c1-24-19-33(4,5)14-16-37(24,13-11-31(41)39-28-22-43-23-28)17-15-34(6,7)36(9)12-10-29-26(3)32(42)27(21-38)20-35(29,8)30(36)18-25(2)40/h18,20,24,26,28-29H,10-17,19,22-23H2,1-9H3,(H,39,41)/b30-18-/t24?,26-,29-,35-,36+,37+/m0/s1. The zero-order chi connectivity index (χ0) is 32.0. The highest BCUT2D eigenvalue weighted by atomic mass is 16.5. The van der Waals surface area contributed by atoms with Crippen LogP contribution in [0.5, 0.6) is 0 Å². The molecule has 0 bridgehead atoms. The number of hydrogen-bond acceptors (Lipinski definition) is 5. The fourth-order valence-corrected chi connectivity index (χ4v) is 9.40. The fourth-order valence-electron chi connectivity index (χ4n) is 9.40. The number of nitrogens with one attached hydrogen (secondary N) is 1. The van der Waals surface area contributed by atoms with Crippen LogP contribution in [0.25, 0.3) is 0 Å². The van der Waals surface area contributed by atoms with Gasteiger partial charge in [-0.3, -0.25) is 14.4 Å². The van der Waals surface area contributed by atoms with E-state index >= 15 is 0 Å². The summed E-state index contributed by atoms with van der Waals surface area (Å²) in [4.78, 5) is 38.7. The molecule has 1 amide bonds. The topological polar surface area (TPSA) is 96.3 Å². The lowest BCUT2D eigenvalue weighted by atomic mass is 9.44. The number of hydrogen-bond donors (Lipinski definition) is 1. The van der Waals surface area contributed by atoms with E-state index in [2.05, 4.69) is 59.9 Å². The Morgan fingerprint density at radius 3 is 2.35 bits per heavy atom. The molecule has 1 N–H and O–H groups in total. The Hall–Kier alpha value is -2.26. The van der Waals surface area contributed by atoms with Crippen LogP contribution in [0, 0.1) is 56.2 Å².